The van der Waals surface area contributed by atoms with Gasteiger partial charge in [0.2, 0.25) is 0 Å². The third-order valence-corrected chi connectivity index (χ3v) is 4.88. The summed E-state index contributed by atoms with van der Waals surface area (Å²) in [7, 11) is 0. The summed E-state index contributed by atoms with van der Waals surface area (Å²) >= 11 is 0. The zero-order chi connectivity index (χ0) is 12.8. The molecule has 0 spiro atoms. The van der Waals surface area contributed by atoms with Crippen molar-refractivity contribution in [2.24, 2.45) is 5.73 Å². The second-order valence-electron chi connectivity index (χ2n) is 5.98. The van der Waals surface area contributed by atoms with Crippen LogP contribution in [0.3, 0.4) is 0 Å². The zero-order valence-corrected chi connectivity index (χ0v) is 12.1. The van der Waals surface area contributed by atoms with Crippen LogP contribution in [0.15, 0.2) is 0 Å². The molecule has 0 aromatic heterocycles. The van der Waals surface area contributed by atoms with Crippen LogP contribution in [-0.2, 0) is 0 Å². The van der Waals surface area contributed by atoms with Gasteiger partial charge in [-0.2, -0.15) is 0 Å². The molecule has 0 aromatic carbocycles. The fourth-order valence-corrected chi connectivity index (χ4v) is 3.79. The highest BCUT2D eigenvalue weighted by atomic mass is 15.2. The molecule has 2 unspecified atom stereocenters. The minimum atomic E-state index is 0.780. The highest BCUT2D eigenvalue weighted by Gasteiger charge is 2.29. The summed E-state index contributed by atoms with van der Waals surface area (Å²) in [5.74, 6) is 0. The monoisotopic (exact) mass is 253 g/mol. The minimum absolute atomic E-state index is 0.780. The van der Waals surface area contributed by atoms with E-state index in [0.29, 0.717) is 0 Å². The van der Waals surface area contributed by atoms with Crippen LogP contribution in [0, 0.1) is 0 Å². The lowest BCUT2D eigenvalue weighted by atomic mass is 9.95. The molecule has 0 amide bonds. The van der Waals surface area contributed by atoms with E-state index in [1.165, 1.54) is 71.1 Å². The lowest BCUT2D eigenvalue weighted by Gasteiger charge is -2.41. The highest BCUT2D eigenvalue weighted by Crippen LogP contribution is 2.26. The van der Waals surface area contributed by atoms with Gasteiger partial charge in [0.25, 0.3) is 0 Å². The molecule has 0 bridgehead atoms. The predicted octanol–water partition coefficient (Wildman–Crippen LogP) is 2.06. The Balaban J connectivity index is 1.91. The lowest BCUT2D eigenvalue weighted by molar-refractivity contribution is 0.0813. The number of hydrogen-bond donors (Lipinski definition) is 1. The fourth-order valence-electron chi connectivity index (χ4n) is 3.79. The molecule has 0 aromatic rings. The average molecular weight is 253 g/mol. The largest absolute Gasteiger partial charge is 0.330 e. The van der Waals surface area contributed by atoms with E-state index < -0.39 is 0 Å². The third kappa shape index (κ3) is 3.69. The maximum Gasteiger partial charge on any atom is 0.0111 e. The summed E-state index contributed by atoms with van der Waals surface area (Å²) in [6.07, 6.45) is 9.54. The van der Waals surface area contributed by atoms with Gasteiger partial charge >= 0.3 is 0 Å². The van der Waals surface area contributed by atoms with Crippen LogP contribution in [0.25, 0.3) is 0 Å². The van der Waals surface area contributed by atoms with E-state index in [0.717, 1.165) is 18.6 Å². The van der Waals surface area contributed by atoms with E-state index in [4.69, 9.17) is 5.73 Å². The Morgan fingerprint density at radius 1 is 1.00 bits per heavy atom. The van der Waals surface area contributed by atoms with Crippen LogP contribution < -0.4 is 5.73 Å². The van der Waals surface area contributed by atoms with Crippen molar-refractivity contribution in [3.63, 3.8) is 0 Å². The van der Waals surface area contributed by atoms with E-state index in [9.17, 15) is 0 Å². The van der Waals surface area contributed by atoms with Gasteiger partial charge in [-0.3, -0.25) is 4.90 Å². The van der Waals surface area contributed by atoms with Gasteiger partial charge < -0.3 is 10.6 Å². The van der Waals surface area contributed by atoms with E-state index in [1.807, 2.05) is 0 Å². The molecule has 0 aliphatic carbocycles. The van der Waals surface area contributed by atoms with Crippen molar-refractivity contribution in [1.82, 2.24) is 9.80 Å². The summed E-state index contributed by atoms with van der Waals surface area (Å²) in [6.45, 7) is 8.29. The first-order valence-electron chi connectivity index (χ1n) is 8.03. The molecule has 2 N–H and O–H groups in total. The summed E-state index contributed by atoms with van der Waals surface area (Å²) in [5, 5.41) is 0. The van der Waals surface area contributed by atoms with Crippen LogP contribution in [-0.4, -0.2) is 54.6 Å². The molecule has 2 atom stereocenters. The quantitative estimate of drug-likeness (QED) is 0.832. The summed E-state index contributed by atoms with van der Waals surface area (Å²) < 4.78 is 0. The van der Waals surface area contributed by atoms with E-state index in [-0.39, 0.29) is 0 Å². The maximum atomic E-state index is 5.79. The van der Waals surface area contributed by atoms with Crippen LogP contribution in [0.4, 0.5) is 0 Å². The van der Waals surface area contributed by atoms with Gasteiger partial charge in [-0.25, -0.2) is 0 Å². The molecule has 2 aliphatic rings. The highest BCUT2D eigenvalue weighted by molar-refractivity contribution is 4.85. The van der Waals surface area contributed by atoms with Crippen molar-refractivity contribution in [3.05, 3.63) is 0 Å². The Morgan fingerprint density at radius 2 is 1.89 bits per heavy atom. The Hall–Kier alpha value is -0.120. The number of likely N-dealkylation sites (tertiary alicyclic amines) is 2. The van der Waals surface area contributed by atoms with Gasteiger partial charge in [0.1, 0.15) is 0 Å². The number of hydrogen-bond acceptors (Lipinski definition) is 3. The molecular formula is C15H31N3. The Morgan fingerprint density at radius 3 is 2.67 bits per heavy atom. The first-order chi connectivity index (χ1) is 8.85. The van der Waals surface area contributed by atoms with Crippen LogP contribution in [0.1, 0.15) is 51.9 Å². The Labute approximate surface area is 113 Å². The molecule has 2 saturated heterocycles. The SMILES string of the molecule is CCN1CCCC(N2CCCCC2CCN)CC1. The number of nitrogens with two attached hydrogens (primary N) is 1. The summed E-state index contributed by atoms with van der Waals surface area (Å²) in [6, 6.07) is 1.61. The predicted molar refractivity (Wildman–Crippen MR) is 77.8 cm³/mol. The van der Waals surface area contributed by atoms with Gasteiger partial charge in [-0.05, 0) is 71.2 Å². The maximum absolute atomic E-state index is 5.79. The van der Waals surface area contributed by atoms with Crippen LogP contribution in [0.5, 0.6) is 0 Å². The number of piperidine rings is 1. The van der Waals surface area contributed by atoms with Gasteiger partial charge in [0.05, 0.1) is 0 Å². The molecule has 0 saturated carbocycles. The smallest absolute Gasteiger partial charge is 0.0111 e. The average Bonchev–Trinajstić information content (AvgIpc) is 2.65. The molecule has 0 radical (unpaired) electrons. The first-order valence-corrected chi connectivity index (χ1v) is 8.03. The van der Waals surface area contributed by atoms with Crippen molar-refractivity contribution in [2.45, 2.75) is 64.0 Å². The summed E-state index contributed by atoms with van der Waals surface area (Å²) in [4.78, 5) is 5.43. The first kappa shape index (κ1) is 14.3. The molecule has 2 heterocycles. The van der Waals surface area contributed by atoms with Crippen molar-refractivity contribution in [3.8, 4) is 0 Å². The Kier molecular flexibility index (Phi) is 5.93. The van der Waals surface area contributed by atoms with E-state index in [1.54, 1.807) is 0 Å². The molecule has 3 heteroatoms. The normalized spacial score (nSPS) is 32.3. The van der Waals surface area contributed by atoms with Crippen molar-refractivity contribution < 1.29 is 0 Å². The summed E-state index contributed by atoms with van der Waals surface area (Å²) in [5.41, 5.74) is 5.79. The third-order valence-electron chi connectivity index (χ3n) is 4.88. The molecule has 2 rings (SSSR count). The second kappa shape index (κ2) is 7.46. The van der Waals surface area contributed by atoms with Crippen LogP contribution in [0.2, 0.25) is 0 Å². The molecule has 3 nitrogen and oxygen atoms in total. The van der Waals surface area contributed by atoms with Crippen molar-refractivity contribution in [1.29, 1.82) is 0 Å². The molecule has 2 fully saturated rings. The van der Waals surface area contributed by atoms with Gasteiger partial charge in [-0.15, -0.1) is 0 Å². The number of rotatable bonds is 4. The number of nitrogens with zero attached hydrogens (tertiary/aromatic N) is 2. The minimum Gasteiger partial charge on any atom is -0.330 e. The fraction of sp³-hybridized carbons (Fsp3) is 1.00. The molecular weight excluding hydrogens is 222 g/mol. The zero-order valence-electron chi connectivity index (χ0n) is 12.1. The van der Waals surface area contributed by atoms with Gasteiger partial charge in [-0.1, -0.05) is 13.3 Å². The van der Waals surface area contributed by atoms with Gasteiger partial charge in [0, 0.05) is 12.1 Å². The second-order valence-corrected chi connectivity index (χ2v) is 5.98. The molecule has 18 heavy (non-hydrogen) atoms. The topological polar surface area (TPSA) is 32.5 Å². The molecule has 106 valence electrons. The Bertz CT molecular complexity index is 230. The lowest BCUT2D eigenvalue weighted by Crippen LogP contribution is -2.47. The van der Waals surface area contributed by atoms with Crippen molar-refractivity contribution in [2.75, 3.05) is 32.7 Å². The van der Waals surface area contributed by atoms with E-state index >= 15 is 0 Å². The van der Waals surface area contributed by atoms with Gasteiger partial charge in [0.15, 0.2) is 0 Å². The molecule has 2 aliphatic heterocycles. The standard InChI is InChI=1S/C15H31N3/c1-2-17-11-5-7-15(9-13-17)18-12-4-3-6-14(18)8-10-16/h14-15H,2-13,16H2,1H3. The van der Waals surface area contributed by atoms with E-state index in [2.05, 4.69) is 16.7 Å². The van der Waals surface area contributed by atoms with Crippen LogP contribution >= 0.6 is 0 Å². The van der Waals surface area contributed by atoms with Crippen molar-refractivity contribution >= 4 is 0 Å².